The first kappa shape index (κ1) is 26.2. The van der Waals surface area contributed by atoms with E-state index >= 15 is 0 Å². The maximum Gasteiger partial charge on any atom is 0.248 e. The van der Waals surface area contributed by atoms with E-state index in [1.165, 1.54) is 51.4 Å². The van der Waals surface area contributed by atoms with Crippen LogP contribution < -0.4 is 16.0 Å². The second-order valence-corrected chi connectivity index (χ2v) is 10.7. The maximum absolute atomic E-state index is 14.9. The molecule has 4 nitrogen and oxygen atoms in total. The number of rotatable bonds is 5. The average Bonchev–Trinajstić information content (AvgIpc) is 3.04. The monoisotopic (exact) mass is 460 g/mol. The van der Waals surface area contributed by atoms with Gasteiger partial charge in [-0.2, -0.15) is 0 Å². The molecule has 7 heteroatoms. The summed E-state index contributed by atoms with van der Waals surface area (Å²) in [5.74, 6) is -2.03. The van der Waals surface area contributed by atoms with E-state index in [9.17, 15) is 13.2 Å². The predicted octanol–water partition coefficient (Wildman–Crippen LogP) is 5.39. The Morgan fingerprint density at radius 2 is 1.50 bits per heavy atom. The molecule has 2 heterocycles. The summed E-state index contributed by atoms with van der Waals surface area (Å²) in [6.07, 6.45) is 13.8. The standard InChI is InChI=1S/C17H33FN4.C8H14F2/c1-13-7-6-10-22(13)17-15(18)16(20-12-21-17)19-11-14-8-4-2-3-5-9-14;1-8(9,10)7-5-3-2-4-6-7/h13-17,19-21H,2-12H2,1H3;7H,2-6H2,1H3. The third-order valence-corrected chi connectivity index (χ3v) is 8.14. The molecule has 4 fully saturated rings. The lowest BCUT2D eigenvalue weighted by molar-refractivity contribution is -0.0528. The topological polar surface area (TPSA) is 39.3 Å². The smallest absolute Gasteiger partial charge is 0.248 e. The highest BCUT2D eigenvalue weighted by atomic mass is 19.3. The Hall–Kier alpha value is -0.370. The van der Waals surface area contributed by atoms with Gasteiger partial charge in [0.1, 0.15) is 0 Å². The molecule has 4 atom stereocenters. The van der Waals surface area contributed by atoms with Crippen LogP contribution in [0, 0.1) is 11.8 Å². The molecule has 2 aliphatic carbocycles. The van der Waals surface area contributed by atoms with Crippen molar-refractivity contribution in [3.63, 3.8) is 0 Å². The third-order valence-electron chi connectivity index (χ3n) is 8.14. The van der Waals surface area contributed by atoms with Crippen molar-refractivity contribution in [1.82, 2.24) is 20.9 Å². The summed E-state index contributed by atoms with van der Waals surface area (Å²) in [4.78, 5) is 2.31. The second-order valence-electron chi connectivity index (χ2n) is 10.7. The van der Waals surface area contributed by atoms with Crippen LogP contribution in [-0.4, -0.2) is 55.1 Å². The van der Waals surface area contributed by atoms with Gasteiger partial charge in [-0.05, 0) is 64.8 Å². The first-order chi connectivity index (χ1) is 15.4. The van der Waals surface area contributed by atoms with Crippen molar-refractivity contribution in [1.29, 1.82) is 0 Å². The number of halogens is 3. The van der Waals surface area contributed by atoms with Crippen molar-refractivity contribution in [2.75, 3.05) is 19.8 Å². The predicted molar refractivity (Wildman–Crippen MR) is 125 cm³/mol. The Labute approximate surface area is 193 Å². The number of likely N-dealkylation sites (tertiary alicyclic amines) is 1. The molecule has 0 aromatic carbocycles. The van der Waals surface area contributed by atoms with Crippen LogP contribution in [0.15, 0.2) is 0 Å². The summed E-state index contributed by atoms with van der Waals surface area (Å²) in [6.45, 7) is 5.94. The van der Waals surface area contributed by atoms with Crippen LogP contribution in [0.25, 0.3) is 0 Å². The normalized spacial score (nSPS) is 34.0. The quantitative estimate of drug-likeness (QED) is 0.481. The van der Waals surface area contributed by atoms with Crippen molar-refractivity contribution in [2.24, 2.45) is 11.8 Å². The Balaban J connectivity index is 0.000000243. The van der Waals surface area contributed by atoms with Gasteiger partial charge in [0.25, 0.3) is 0 Å². The molecule has 2 saturated heterocycles. The van der Waals surface area contributed by atoms with E-state index in [1.807, 2.05) is 0 Å². The zero-order valence-corrected chi connectivity index (χ0v) is 20.4. The highest BCUT2D eigenvalue weighted by Gasteiger charge is 2.39. The molecule has 0 spiro atoms. The number of nitrogens with zero attached hydrogens (tertiary/aromatic N) is 1. The fourth-order valence-corrected chi connectivity index (χ4v) is 6.01. The van der Waals surface area contributed by atoms with Crippen LogP contribution in [0.5, 0.6) is 0 Å². The molecule has 4 unspecified atom stereocenters. The van der Waals surface area contributed by atoms with E-state index in [0.717, 1.165) is 58.0 Å². The molecule has 0 aromatic rings. The largest absolute Gasteiger partial charge is 0.299 e. The number of hydrogen-bond donors (Lipinski definition) is 3. The minimum atomic E-state index is -2.43. The fraction of sp³-hybridized carbons (Fsp3) is 1.00. The molecule has 0 bridgehead atoms. The van der Waals surface area contributed by atoms with Gasteiger partial charge in [-0.25, -0.2) is 13.2 Å². The number of alkyl halides is 3. The summed E-state index contributed by atoms with van der Waals surface area (Å²) in [5.41, 5.74) is 0. The van der Waals surface area contributed by atoms with Crippen LogP contribution in [-0.2, 0) is 0 Å². The summed E-state index contributed by atoms with van der Waals surface area (Å²) in [6, 6.07) is 0.497. The SMILES string of the molecule is CC(F)(F)C1CCCCC1.CC1CCCN1C1NCNC(NCC2CCCCCC2)C1F. The van der Waals surface area contributed by atoms with Gasteiger partial charge in [-0.1, -0.05) is 44.9 Å². The Kier molecular flexibility index (Phi) is 10.6. The van der Waals surface area contributed by atoms with Gasteiger partial charge < -0.3 is 0 Å². The van der Waals surface area contributed by atoms with Crippen LogP contribution >= 0.6 is 0 Å². The van der Waals surface area contributed by atoms with E-state index in [-0.39, 0.29) is 18.2 Å². The van der Waals surface area contributed by atoms with Gasteiger partial charge in [-0.3, -0.25) is 20.9 Å². The molecular weight excluding hydrogens is 413 g/mol. The lowest BCUT2D eigenvalue weighted by atomic mass is 9.85. The summed E-state index contributed by atoms with van der Waals surface area (Å²) in [5, 5.41) is 10.1. The fourth-order valence-electron chi connectivity index (χ4n) is 6.01. The number of hydrogen-bond acceptors (Lipinski definition) is 4. The van der Waals surface area contributed by atoms with Gasteiger partial charge in [0.2, 0.25) is 5.92 Å². The Bertz CT molecular complexity index is 516. The molecule has 0 radical (unpaired) electrons. The number of nitrogens with one attached hydrogen (secondary N) is 3. The maximum atomic E-state index is 14.9. The van der Waals surface area contributed by atoms with Gasteiger partial charge in [0.15, 0.2) is 6.17 Å². The van der Waals surface area contributed by atoms with Gasteiger partial charge >= 0.3 is 0 Å². The van der Waals surface area contributed by atoms with Crippen LogP contribution in [0.3, 0.4) is 0 Å². The molecule has 3 N–H and O–H groups in total. The third kappa shape index (κ3) is 7.85. The molecular formula is C25H47F3N4. The van der Waals surface area contributed by atoms with Crippen LogP contribution in [0.2, 0.25) is 0 Å². The minimum absolute atomic E-state index is 0.134. The molecule has 2 saturated carbocycles. The average molecular weight is 461 g/mol. The second kappa shape index (κ2) is 12.9. The minimum Gasteiger partial charge on any atom is -0.299 e. The van der Waals surface area contributed by atoms with Crippen molar-refractivity contribution in [3.05, 3.63) is 0 Å². The highest BCUT2D eigenvalue weighted by molar-refractivity contribution is 4.93. The van der Waals surface area contributed by atoms with E-state index < -0.39 is 12.1 Å². The van der Waals surface area contributed by atoms with Crippen LogP contribution in [0.4, 0.5) is 13.2 Å². The zero-order chi connectivity index (χ0) is 23.0. The van der Waals surface area contributed by atoms with E-state index in [0.29, 0.717) is 12.7 Å². The van der Waals surface area contributed by atoms with E-state index in [2.05, 4.69) is 27.8 Å². The molecule has 32 heavy (non-hydrogen) atoms. The molecule has 188 valence electrons. The van der Waals surface area contributed by atoms with Crippen LogP contribution in [0.1, 0.15) is 97.3 Å². The van der Waals surface area contributed by atoms with Crippen molar-refractivity contribution >= 4 is 0 Å². The van der Waals surface area contributed by atoms with Crippen molar-refractivity contribution < 1.29 is 13.2 Å². The first-order valence-corrected chi connectivity index (χ1v) is 13.3. The van der Waals surface area contributed by atoms with Gasteiger partial charge in [0, 0.05) is 25.2 Å². The summed E-state index contributed by atoms with van der Waals surface area (Å²) >= 11 is 0. The van der Waals surface area contributed by atoms with E-state index in [1.54, 1.807) is 0 Å². The first-order valence-electron chi connectivity index (χ1n) is 13.3. The summed E-state index contributed by atoms with van der Waals surface area (Å²) in [7, 11) is 0. The van der Waals surface area contributed by atoms with Crippen molar-refractivity contribution in [3.8, 4) is 0 Å². The molecule has 4 rings (SSSR count). The molecule has 4 aliphatic rings. The highest BCUT2D eigenvalue weighted by Crippen LogP contribution is 2.35. The summed E-state index contributed by atoms with van der Waals surface area (Å²) < 4.78 is 40.2. The molecule has 0 amide bonds. The molecule has 2 aliphatic heterocycles. The Morgan fingerprint density at radius 3 is 2.06 bits per heavy atom. The van der Waals surface area contributed by atoms with Crippen molar-refractivity contribution in [2.45, 2.75) is 128 Å². The van der Waals surface area contributed by atoms with E-state index in [4.69, 9.17) is 0 Å². The Morgan fingerprint density at radius 1 is 0.875 bits per heavy atom. The van der Waals surface area contributed by atoms with Gasteiger partial charge in [0.05, 0.1) is 12.3 Å². The zero-order valence-electron chi connectivity index (χ0n) is 20.4. The van der Waals surface area contributed by atoms with Gasteiger partial charge in [-0.15, -0.1) is 0 Å². The lowest BCUT2D eigenvalue weighted by Crippen LogP contribution is -2.69. The lowest BCUT2D eigenvalue weighted by Gasteiger charge is -2.42. The molecule has 0 aromatic heterocycles.